The Labute approximate surface area is 155 Å². The van der Waals surface area contributed by atoms with E-state index in [0.29, 0.717) is 5.41 Å². The van der Waals surface area contributed by atoms with Gasteiger partial charge in [0.2, 0.25) is 0 Å². The fourth-order valence-electron chi connectivity index (χ4n) is 4.42. The molecule has 0 aromatic heterocycles. The number of piperidine rings is 1. The van der Waals surface area contributed by atoms with Crippen molar-refractivity contribution in [2.24, 2.45) is 16.3 Å². The zero-order valence-corrected chi connectivity index (χ0v) is 16.8. The van der Waals surface area contributed by atoms with Crippen LogP contribution in [0.2, 0.25) is 0 Å². The molecule has 1 aliphatic carbocycles. The number of likely N-dealkylation sites (tertiary alicyclic amines) is 1. The Morgan fingerprint density at radius 3 is 2.52 bits per heavy atom. The molecule has 5 heteroatoms. The highest BCUT2D eigenvalue weighted by atomic mass is 16.5. The lowest BCUT2D eigenvalue weighted by molar-refractivity contribution is 0.138. The third-order valence-electron chi connectivity index (χ3n) is 6.16. The zero-order chi connectivity index (χ0) is 18.0. The van der Waals surface area contributed by atoms with Gasteiger partial charge in [0.1, 0.15) is 0 Å². The first-order valence-corrected chi connectivity index (χ1v) is 10.4. The van der Waals surface area contributed by atoms with Crippen molar-refractivity contribution in [2.75, 3.05) is 53.5 Å². The first-order valence-electron chi connectivity index (χ1n) is 10.4. The number of aliphatic imine (C=N–C) groups is 1. The molecule has 2 rings (SSSR count). The summed E-state index contributed by atoms with van der Waals surface area (Å²) in [5.74, 6) is 1.75. The zero-order valence-electron chi connectivity index (χ0n) is 16.8. The summed E-state index contributed by atoms with van der Waals surface area (Å²) in [5.41, 5.74) is 0.402. The maximum absolute atomic E-state index is 5.34. The number of hydrogen-bond donors (Lipinski definition) is 2. The highest BCUT2D eigenvalue weighted by Crippen LogP contribution is 2.40. The molecular weight excluding hydrogens is 312 g/mol. The average molecular weight is 353 g/mol. The van der Waals surface area contributed by atoms with Gasteiger partial charge < -0.3 is 20.3 Å². The second kappa shape index (κ2) is 11.0. The van der Waals surface area contributed by atoms with Crippen molar-refractivity contribution in [3.8, 4) is 0 Å². The van der Waals surface area contributed by atoms with Crippen LogP contribution >= 0.6 is 0 Å². The summed E-state index contributed by atoms with van der Waals surface area (Å²) in [6.07, 6.45) is 10.4. The number of rotatable bonds is 9. The Morgan fingerprint density at radius 1 is 1.20 bits per heavy atom. The first kappa shape index (κ1) is 20.5. The van der Waals surface area contributed by atoms with Crippen molar-refractivity contribution >= 4 is 5.96 Å². The van der Waals surface area contributed by atoms with Gasteiger partial charge in [-0.3, -0.25) is 4.99 Å². The summed E-state index contributed by atoms with van der Waals surface area (Å²) in [7, 11) is 3.69. The molecule has 2 aliphatic rings. The fourth-order valence-corrected chi connectivity index (χ4v) is 4.42. The van der Waals surface area contributed by atoms with Gasteiger partial charge in [0, 0.05) is 33.9 Å². The van der Waals surface area contributed by atoms with Crippen LogP contribution in [0.4, 0.5) is 0 Å². The molecule has 0 spiro atoms. The number of hydrogen-bond acceptors (Lipinski definition) is 3. The maximum Gasteiger partial charge on any atom is 0.191 e. The lowest BCUT2D eigenvalue weighted by Gasteiger charge is -2.32. The van der Waals surface area contributed by atoms with Crippen LogP contribution in [0.25, 0.3) is 0 Å². The van der Waals surface area contributed by atoms with Gasteiger partial charge in [-0.25, -0.2) is 0 Å². The van der Waals surface area contributed by atoms with E-state index in [1.807, 2.05) is 14.2 Å². The summed E-state index contributed by atoms with van der Waals surface area (Å²) in [6.45, 7) is 8.97. The van der Waals surface area contributed by atoms with Gasteiger partial charge in [-0.05, 0) is 69.5 Å². The Kier molecular flexibility index (Phi) is 9.04. The van der Waals surface area contributed by atoms with E-state index >= 15 is 0 Å². The van der Waals surface area contributed by atoms with Gasteiger partial charge in [0.15, 0.2) is 5.96 Å². The van der Waals surface area contributed by atoms with Crippen LogP contribution in [-0.2, 0) is 4.74 Å². The molecule has 1 saturated carbocycles. The molecule has 0 atom stereocenters. The minimum atomic E-state index is 0.402. The number of guanidine groups is 1. The van der Waals surface area contributed by atoms with E-state index in [-0.39, 0.29) is 0 Å². The number of methoxy groups -OCH3 is 1. The predicted octanol–water partition coefficient (Wildman–Crippen LogP) is 2.87. The van der Waals surface area contributed by atoms with Gasteiger partial charge in [0.25, 0.3) is 0 Å². The number of nitrogens with zero attached hydrogens (tertiary/aromatic N) is 2. The van der Waals surface area contributed by atoms with Crippen molar-refractivity contribution in [2.45, 2.75) is 58.3 Å². The van der Waals surface area contributed by atoms with Crippen LogP contribution in [0.15, 0.2) is 4.99 Å². The average Bonchev–Trinajstić information content (AvgIpc) is 3.11. The Bertz CT molecular complexity index is 385. The molecule has 2 fully saturated rings. The van der Waals surface area contributed by atoms with E-state index in [0.717, 1.165) is 38.0 Å². The summed E-state index contributed by atoms with van der Waals surface area (Å²) < 4.78 is 5.34. The van der Waals surface area contributed by atoms with E-state index in [4.69, 9.17) is 4.74 Å². The minimum Gasteiger partial charge on any atom is -0.385 e. The van der Waals surface area contributed by atoms with Crippen molar-refractivity contribution in [3.63, 3.8) is 0 Å². The van der Waals surface area contributed by atoms with Crippen LogP contribution in [0, 0.1) is 11.3 Å². The van der Waals surface area contributed by atoms with E-state index in [1.54, 1.807) is 0 Å². The lowest BCUT2D eigenvalue weighted by Crippen LogP contribution is -2.46. The van der Waals surface area contributed by atoms with Gasteiger partial charge in [0.05, 0.1) is 0 Å². The van der Waals surface area contributed by atoms with Crippen molar-refractivity contribution in [3.05, 3.63) is 0 Å². The standard InChI is InChI=1S/C20H40N4O/c1-4-12-24-13-7-18(8-14-24)16-22-19(21-2)23-17-20(11-15-25-3)9-5-6-10-20/h18H,4-17H2,1-3H3,(H2,21,22,23). The SMILES string of the molecule is CCCN1CCC(CNC(=NC)NCC2(CCOC)CCCC2)CC1. The van der Waals surface area contributed by atoms with Crippen molar-refractivity contribution in [1.29, 1.82) is 0 Å². The largest absolute Gasteiger partial charge is 0.385 e. The summed E-state index contributed by atoms with van der Waals surface area (Å²) in [6, 6.07) is 0. The molecule has 1 saturated heterocycles. The smallest absolute Gasteiger partial charge is 0.191 e. The highest BCUT2D eigenvalue weighted by Gasteiger charge is 2.33. The number of ether oxygens (including phenoxy) is 1. The second-order valence-electron chi connectivity index (χ2n) is 8.04. The van der Waals surface area contributed by atoms with Crippen LogP contribution in [0.5, 0.6) is 0 Å². The van der Waals surface area contributed by atoms with Crippen LogP contribution in [0.1, 0.15) is 58.3 Å². The molecule has 0 radical (unpaired) electrons. The third-order valence-corrected chi connectivity index (χ3v) is 6.16. The van der Waals surface area contributed by atoms with E-state index in [2.05, 4.69) is 27.4 Å². The third kappa shape index (κ3) is 6.78. The number of nitrogens with one attached hydrogen (secondary N) is 2. The molecule has 0 unspecified atom stereocenters. The Balaban J connectivity index is 1.70. The van der Waals surface area contributed by atoms with Gasteiger partial charge in [-0.2, -0.15) is 0 Å². The quantitative estimate of drug-likeness (QED) is 0.495. The van der Waals surface area contributed by atoms with Gasteiger partial charge in [-0.1, -0.05) is 19.8 Å². The normalized spacial score (nSPS) is 22.3. The van der Waals surface area contributed by atoms with Crippen LogP contribution < -0.4 is 10.6 Å². The molecule has 5 nitrogen and oxygen atoms in total. The predicted molar refractivity (Wildman–Crippen MR) is 106 cm³/mol. The summed E-state index contributed by atoms with van der Waals surface area (Å²) >= 11 is 0. The minimum absolute atomic E-state index is 0.402. The molecule has 0 aromatic rings. The van der Waals surface area contributed by atoms with Crippen LogP contribution in [-0.4, -0.2) is 64.3 Å². The highest BCUT2D eigenvalue weighted by molar-refractivity contribution is 5.79. The molecule has 2 N–H and O–H groups in total. The maximum atomic E-state index is 5.34. The fraction of sp³-hybridized carbons (Fsp3) is 0.950. The molecule has 1 aliphatic heterocycles. The molecule has 0 amide bonds. The molecule has 0 bridgehead atoms. The topological polar surface area (TPSA) is 48.9 Å². The molecule has 1 heterocycles. The molecular formula is C20H40N4O. The summed E-state index contributed by atoms with van der Waals surface area (Å²) in [5, 5.41) is 7.18. The van der Waals surface area contributed by atoms with E-state index in [1.165, 1.54) is 64.6 Å². The first-order chi connectivity index (χ1) is 12.2. The Morgan fingerprint density at radius 2 is 1.92 bits per heavy atom. The molecule has 0 aromatic carbocycles. The van der Waals surface area contributed by atoms with Gasteiger partial charge >= 0.3 is 0 Å². The van der Waals surface area contributed by atoms with Gasteiger partial charge in [-0.15, -0.1) is 0 Å². The second-order valence-corrected chi connectivity index (χ2v) is 8.04. The molecule has 146 valence electrons. The van der Waals surface area contributed by atoms with E-state index < -0.39 is 0 Å². The summed E-state index contributed by atoms with van der Waals surface area (Å²) in [4.78, 5) is 7.04. The monoisotopic (exact) mass is 352 g/mol. The van der Waals surface area contributed by atoms with E-state index in [9.17, 15) is 0 Å². The lowest BCUT2D eigenvalue weighted by atomic mass is 9.83. The Hall–Kier alpha value is -0.810. The molecule has 25 heavy (non-hydrogen) atoms. The van der Waals surface area contributed by atoms with Crippen LogP contribution in [0.3, 0.4) is 0 Å². The van der Waals surface area contributed by atoms with Crippen molar-refractivity contribution in [1.82, 2.24) is 15.5 Å². The van der Waals surface area contributed by atoms with Crippen molar-refractivity contribution < 1.29 is 4.74 Å².